The Balaban J connectivity index is 1.34. The first-order valence-corrected chi connectivity index (χ1v) is 10.4. The van der Waals surface area contributed by atoms with Crippen molar-refractivity contribution >= 4 is 27.5 Å². The van der Waals surface area contributed by atoms with Gasteiger partial charge in [0.15, 0.2) is 6.61 Å². The van der Waals surface area contributed by atoms with E-state index in [1.54, 1.807) is 11.3 Å². The van der Waals surface area contributed by atoms with Crippen molar-refractivity contribution in [3.05, 3.63) is 48.5 Å². The quantitative estimate of drug-likeness (QED) is 0.675. The monoisotopic (exact) mass is 380 g/mol. The van der Waals surface area contributed by atoms with Crippen LogP contribution < -0.4 is 10.1 Å². The molecule has 1 aliphatic carbocycles. The molecule has 1 amide bonds. The maximum atomic E-state index is 12.2. The van der Waals surface area contributed by atoms with Crippen molar-refractivity contribution in [1.82, 2.24) is 10.3 Å². The Hall–Kier alpha value is -2.40. The number of rotatable bonds is 5. The molecule has 3 aromatic rings. The Kier molecular flexibility index (Phi) is 5.39. The van der Waals surface area contributed by atoms with Crippen molar-refractivity contribution in [2.24, 2.45) is 5.92 Å². The molecule has 0 aliphatic heterocycles. The number of thiazole rings is 1. The number of amides is 1. The number of benzene rings is 2. The SMILES string of the molecule is C[C@@H]1CCCC[C@H]1NC(=O)COc1ccc(-c2nc3ccccc3s2)cc1. The second kappa shape index (κ2) is 8.09. The van der Waals surface area contributed by atoms with Crippen LogP contribution in [0.15, 0.2) is 48.5 Å². The molecular formula is C22H24N2O2S. The summed E-state index contributed by atoms with van der Waals surface area (Å²) in [6, 6.07) is 16.2. The van der Waals surface area contributed by atoms with Gasteiger partial charge in [0.25, 0.3) is 5.91 Å². The van der Waals surface area contributed by atoms with Gasteiger partial charge >= 0.3 is 0 Å². The van der Waals surface area contributed by atoms with E-state index in [1.807, 2.05) is 42.5 Å². The molecule has 0 spiro atoms. The van der Waals surface area contributed by atoms with Crippen LogP contribution in [0.2, 0.25) is 0 Å². The normalized spacial score (nSPS) is 19.7. The summed E-state index contributed by atoms with van der Waals surface area (Å²) in [4.78, 5) is 16.8. The van der Waals surface area contributed by atoms with E-state index in [-0.39, 0.29) is 18.6 Å². The highest BCUT2D eigenvalue weighted by Crippen LogP contribution is 2.31. The third-order valence-corrected chi connectivity index (χ3v) is 6.31. The van der Waals surface area contributed by atoms with Crippen LogP contribution in [0.5, 0.6) is 5.75 Å². The lowest BCUT2D eigenvalue weighted by atomic mass is 9.86. The van der Waals surface area contributed by atoms with Crippen molar-refractivity contribution in [2.45, 2.75) is 38.6 Å². The van der Waals surface area contributed by atoms with E-state index in [0.717, 1.165) is 22.5 Å². The van der Waals surface area contributed by atoms with Gasteiger partial charge in [0, 0.05) is 11.6 Å². The lowest BCUT2D eigenvalue weighted by Gasteiger charge is -2.29. The highest BCUT2D eigenvalue weighted by Gasteiger charge is 2.22. The minimum Gasteiger partial charge on any atom is -0.484 e. The summed E-state index contributed by atoms with van der Waals surface area (Å²) in [5, 5.41) is 4.11. The van der Waals surface area contributed by atoms with Crippen molar-refractivity contribution < 1.29 is 9.53 Å². The molecule has 5 heteroatoms. The van der Waals surface area contributed by atoms with E-state index in [2.05, 4.69) is 23.3 Å². The standard InChI is InChI=1S/C22H24N2O2S/c1-15-6-2-3-7-18(15)23-21(25)14-26-17-12-10-16(11-13-17)22-24-19-8-4-5-9-20(19)27-22/h4-5,8-13,15,18H,2-3,6-7,14H2,1H3,(H,23,25)/t15-,18-/m1/s1. The van der Waals surface area contributed by atoms with Gasteiger partial charge in [-0.25, -0.2) is 4.98 Å². The summed E-state index contributed by atoms with van der Waals surface area (Å²) in [7, 11) is 0. The van der Waals surface area contributed by atoms with Crippen molar-refractivity contribution in [1.29, 1.82) is 0 Å². The minimum atomic E-state index is -0.0380. The highest BCUT2D eigenvalue weighted by atomic mass is 32.1. The summed E-state index contributed by atoms with van der Waals surface area (Å²) < 4.78 is 6.85. The highest BCUT2D eigenvalue weighted by molar-refractivity contribution is 7.21. The van der Waals surface area contributed by atoms with Gasteiger partial charge in [-0.1, -0.05) is 31.9 Å². The van der Waals surface area contributed by atoms with E-state index >= 15 is 0 Å². The number of nitrogens with one attached hydrogen (secondary N) is 1. The van der Waals surface area contributed by atoms with E-state index < -0.39 is 0 Å². The minimum absolute atomic E-state index is 0.0380. The summed E-state index contributed by atoms with van der Waals surface area (Å²) in [6.45, 7) is 2.27. The molecule has 1 aliphatic rings. The van der Waals surface area contributed by atoms with Gasteiger partial charge in [0.2, 0.25) is 0 Å². The van der Waals surface area contributed by atoms with Crippen LogP contribution in [0, 0.1) is 5.92 Å². The van der Waals surface area contributed by atoms with Crippen LogP contribution in [-0.2, 0) is 4.79 Å². The van der Waals surface area contributed by atoms with Crippen molar-refractivity contribution in [3.8, 4) is 16.3 Å². The molecule has 2 aromatic carbocycles. The first-order chi connectivity index (χ1) is 13.2. The first-order valence-electron chi connectivity index (χ1n) is 9.57. The van der Waals surface area contributed by atoms with Gasteiger partial charge in [-0.05, 0) is 55.2 Å². The van der Waals surface area contributed by atoms with E-state index in [9.17, 15) is 4.79 Å². The lowest BCUT2D eigenvalue weighted by molar-refractivity contribution is -0.124. The van der Waals surface area contributed by atoms with E-state index in [4.69, 9.17) is 4.74 Å². The number of hydrogen-bond donors (Lipinski definition) is 1. The molecule has 27 heavy (non-hydrogen) atoms. The number of nitrogens with zero attached hydrogens (tertiary/aromatic N) is 1. The number of aromatic nitrogens is 1. The fourth-order valence-corrected chi connectivity index (χ4v) is 4.59. The number of carbonyl (C=O) groups is 1. The first kappa shape index (κ1) is 18.0. The third kappa shape index (κ3) is 4.30. The van der Waals surface area contributed by atoms with Crippen molar-refractivity contribution in [2.75, 3.05) is 6.61 Å². The molecule has 4 rings (SSSR count). The fourth-order valence-electron chi connectivity index (χ4n) is 3.62. The number of para-hydroxylation sites is 1. The maximum Gasteiger partial charge on any atom is 0.258 e. The zero-order valence-corrected chi connectivity index (χ0v) is 16.3. The molecule has 1 fully saturated rings. The fraction of sp³-hybridized carbons (Fsp3) is 0.364. The van der Waals surface area contributed by atoms with Crippen LogP contribution in [0.3, 0.4) is 0 Å². The molecule has 1 N–H and O–H groups in total. The van der Waals surface area contributed by atoms with Gasteiger partial charge in [-0.3, -0.25) is 4.79 Å². The number of carbonyl (C=O) groups excluding carboxylic acids is 1. The number of fused-ring (bicyclic) bond motifs is 1. The number of ether oxygens (including phenoxy) is 1. The summed E-state index contributed by atoms with van der Waals surface area (Å²) in [5.74, 6) is 1.21. The van der Waals surface area contributed by atoms with Crippen LogP contribution in [0.25, 0.3) is 20.8 Å². The van der Waals surface area contributed by atoms with E-state index in [1.165, 1.54) is 24.0 Å². The van der Waals surface area contributed by atoms with Crippen LogP contribution in [0.4, 0.5) is 0 Å². The molecule has 0 radical (unpaired) electrons. The molecule has 0 unspecified atom stereocenters. The van der Waals surface area contributed by atoms with Gasteiger partial charge < -0.3 is 10.1 Å². The second-order valence-electron chi connectivity index (χ2n) is 7.24. The smallest absolute Gasteiger partial charge is 0.258 e. The molecule has 1 saturated carbocycles. The summed E-state index contributed by atoms with van der Waals surface area (Å²) in [5.41, 5.74) is 2.08. The average molecular weight is 381 g/mol. The molecule has 1 aromatic heterocycles. The zero-order chi connectivity index (χ0) is 18.6. The molecular weight excluding hydrogens is 356 g/mol. The maximum absolute atomic E-state index is 12.2. The van der Waals surface area contributed by atoms with Gasteiger partial charge in [0.05, 0.1) is 10.2 Å². The van der Waals surface area contributed by atoms with Crippen LogP contribution in [0.1, 0.15) is 32.6 Å². The van der Waals surface area contributed by atoms with Gasteiger partial charge in [0.1, 0.15) is 10.8 Å². The Bertz CT molecular complexity index is 886. The largest absolute Gasteiger partial charge is 0.484 e. The number of hydrogen-bond acceptors (Lipinski definition) is 4. The Morgan fingerprint density at radius 1 is 1.15 bits per heavy atom. The summed E-state index contributed by atoms with van der Waals surface area (Å²) >= 11 is 1.68. The molecule has 0 saturated heterocycles. The Morgan fingerprint density at radius 2 is 1.93 bits per heavy atom. The Labute approximate surface area is 163 Å². The lowest BCUT2D eigenvalue weighted by Crippen LogP contribution is -2.43. The van der Waals surface area contributed by atoms with Gasteiger partial charge in [-0.15, -0.1) is 11.3 Å². The molecule has 2 atom stereocenters. The van der Waals surface area contributed by atoms with Gasteiger partial charge in [-0.2, -0.15) is 0 Å². The predicted molar refractivity (Wildman–Crippen MR) is 110 cm³/mol. The molecule has 140 valence electrons. The predicted octanol–water partition coefficient (Wildman–Crippen LogP) is 5.04. The zero-order valence-electron chi connectivity index (χ0n) is 15.5. The van der Waals surface area contributed by atoms with Crippen LogP contribution >= 0.6 is 11.3 Å². The van der Waals surface area contributed by atoms with Crippen LogP contribution in [-0.4, -0.2) is 23.5 Å². The molecule has 1 heterocycles. The average Bonchev–Trinajstić information content (AvgIpc) is 3.13. The van der Waals surface area contributed by atoms with E-state index in [0.29, 0.717) is 11.7 Å². The topological polar surface area (TPSA) is 51.2 Å². The second-order valence-corrected chi connectivity index (χ2v) is 8.27. The molecule has 4 nitrogen and oxygen atoms in total. The Morgan fingerprint density at radius 3 is 2.70 bits per heavy atom. The van der Waals surface area contributed by atoms with Crippen molar-refractivity contribution in [3.63, 3.8) is 0 Å². The third-order valence-electron chi connectivity index (χ3n) is 5.22. The summed E-state index contributed by atoms with van der Waals surface area (Å²) in [6.07, 6.45) is 4.73. The molecule has 0 bridgehead atoms.